The zero-order chi connectivity index (χ0) is 19.8. The van der Waals surface area contributed by atoms with Gasteiger partial charge in [0.25, 0.3) is 5.91 Å². The van der Waals surface area contributed by atoms with Crippen LogP contribution in [0.15, 0.2) is 47.0 Å². The van der Waals surface area contributed by atoms with Crippen LogP contribution in [0.4, 0.5) is 0 Å². The Morgan fingerprint density at radius 2 is 2.03 bits per heavy atom. The van der Waals surface area contributed by atoms with E-state index in [4.69, 9.17) is 18.7 Å². The lowest BCUT2D eigenvalue weighted by Gasteiger charge is -2.22. The van der Waals surface area contributed by atoms with Gasteiger partial charge in [0.2, 0.25) is 18.5 Å². The van der Waals surface area contributed by atoms with Gasteiger partial charge >= 0.3 is 0 Å². The summed E-state index contributed by atoms with van der Waals surface area (Å²) >= 11 is 0. The summed E-state index contributed by atoms with van der Waals surface area (Å²) in [5, 5.41) is 4.11. The van der Waals surface area contributed by atoms with Crippen LogP contribution >= 0.6 is 0 Å². The summed E-state index contributed by atoms with van der Waals surface area (Å²) in [6.07, 6.45) is 1.64. The number of ether oxygens (including phenoxy) is 3. The molecule has 2 aromatic carbocycles. The minimum absolute atomic E-state index is 0.0946. The summed E-state index contributed by atoms with van der Waals surface area (Å²) in [4.78, 5) is 19.5. The Labute approximate surface area is 167 Å². The van der Waals surface area contributed by atoms with Crippen molar-refractivity contribution in [2.75, 3.05) is 20.4 Å². The molecule has 0 saturated carbocycles. The second kappa shape index (κ2) is 7.12. The molecule has 1 saturated heterocycles. The molecule has 5 rings (SSSR count). The van der Waals surface area contributed by atoms with Crippen molar-refractivity contribution in [2.45, 2.75) is 18.9 Å². The van der Waals surface area contributed by atoms with Crippen LogP contribution in [-0.2, 0) is 0 Å². The van der Waals surface area contributed by atoms with Crippen molar-refractivity contribution < 1.29 is 23.5 Å². The Kier molecular flexibility index (Phi) is 4.31. The number of likely N-dealkylation sites (tertiary alicyclic amines) is 1. The fourth-order valence-electron chi connectivity index (χ4n) is 3.77. The molecule has 1 unspecified atom stereocenters. The maximum atomic E-state index is 13.1. The van der Waals surface area contributed by atoms with Gasteiger partial charge in [-0.25, -0.2) is 0 Å². The molecule has 0 N–H and O–H groups in total. The molecule has 3 aromatic rings. The van der Waals surface area contributed by atoms with Crippen LogP contribution in [0, 0.1) is 0 Å². The van der Waals surface area contributed by atoms with Crippen molar-refractivity contribution in [1.29, 1.82) is 0 Å². The van der Waals surface area contributed by atoms with E-state index in [0.29, 0.717) is 41.1 Å². The van der Waals surface area contributed by atoms with Crippen molar-refractivity contribution in [3.8, 4) is 28.6 Å². The highest BCUT2D eigenvalue weighted by Gasteiger charge is 2.35. The van der Waals surface area contributed by atoms with E-state index in [1.807, 2.05) is 24.3 Å². The zero-order valence-corrected chi connectivity index (χ0v) is 15.8. The van der Waals surface area contributed by atoms with E-state index in [-0.39, 0.29) is 18.7 Å². The highest BCUT2D eigenvalue weighted by Crippen LogP contribution is 2.37. The van der Waals surface area contributed by atoms with E-state index in [0.717, 1.165) is 18.4 Å². The summed E-state index contributed by atoms with van der Waals surface area (Å²) in [6, 6.07) is 12.4. The lowest BCUT2D eigenvalue weighted by molar-refractivity contribution is 0.0709. The van der Waals surface area contributed by atoms with Crippen LogP contribution in [0.1, 0.15) is 35.1 Å². The number of amides is 1. The predicted molar refractivity (Wildman–Crippen MR) is 102 cm³/mol. The Bertz CT molecular complexity index is 1060. The molecular weight excluding hydrogens is 374 g/mol. The topological polar surface area (TPSA) is 86.9 Å². The number of rotatable bonds is 4. The van der Waals surface area contributed by atoms with Crippen LogP contribution in [0.3, 0.4) is 0 Å². The van der Waals surface area contributed by atoms with Gasteiger partial charge in [0, 0.05) is 12.1 Å². The number of carbonyl (C=O) groups excluding carboxylic acids is 1. The van der Waals surface area contributed by atoms with Gasteiger partial charge in [0.1, 0.15) is 11.8 Å². The Morgan fingerprint density at radius 1 is 1.17 bits per heavy atom. The highest BCUT2D eigenvalue weighted by molar-refractivity contribution is 5.95. The van der Waals surface area contributed by atoms with Gasteiger partial charge in [-0.2, -0.15) is 4.98 Å². The number of para-hydroxylation sites is 1. The maximum absolute atomic E-state index is 13.1. The fraction of sp³-hybridized carbons (Fsp3) is 0.286. The number of methoxy groups -OCH3 is 1. The third-order valence-electron chi connectivity index (χ3n) is 5.21. The van der Waals surface area contributed by atoms with Crippen molar-refractivity contribution in [1.82, 2.24) is 15.0 Å². The third-order valence-corrected chi connectivity index (χ3v) is 5.21. The molecule has 1 fully saturated rings. The standard InChI is InChI=1S/C21H19N3O5/c1-26-16-7-3-2-5-14(16)19-22-20(29-23-19)15-6-4-10-24(15)21(25)13-8-9-17-18(11-13)28-12-27-17/h2-3,5,7-9,11,15H,4,6,10,12H2,1H3. The normalized spacial score (nSPS) is 17.6. The molecule has 0 bridgehead atoms. The smallest absolute Gasteiger partial charge is 0.254 e. The number of aromatic nitrogens is 2. The first-order valence-corrected chi connectivity index (χ1v) is 9.42. The number of carbonyl (C=O) groups is 1. The molecule has 1 amide bonds. The van der Waals surface area contributed by atoms with Crippen molar-refractivity contribution in [3.63, 3.8) is 0 Å². The average molecular weight is 393 g/mol. The fourth-order valence-corrected chi connectivity index (χ4v) is 3.77. The van der Waals surface area contributed by atoms with E-state index < -0.39 is 0 Å². The molecule has 3 heterocycles. The molecular formula is C21H19N3O5. The summed E-state index contributed by atoms with van der Waals surface area (Å²) in [7, 11) is 1.60. The van der Waals surface area contributed by atoms with Crippen LogP contribution in [-0.4, -0.2) is 41.4 Å². The average Bonchev–Trinajstić information content (AvgIpc) is 3.52. The molecule has 2 aliphatic rings. The van der Waals surface area contributed by atoms with Gasteiger partial charge in [-0.1, -0.05) is 17.3 Å². The first-order chi connectivity index (χ1) is 14.2. The first kappa shape index (κ1) is 17.5. The van der Waals surface area contributed by atoms with Gasteiger partial charge in [-0.3, -0.25) is 4.79 Å². The molecule has 0 aliphatic carbocycles. The molecule has 8 heteroatoms. The van der Waals surface area contributed by atoms with E-state index in [9.17, 15) is 4.79 Å². The van der Waals surface area contributed by atoms with Crippen molar-refractivity contribution in [2.24, 2.45) is 0 Å². The quantitative estimate of drug-likeness (QED) is 0.671. The number of fused-ring (bicyclic) bond motifs is 1. The van der Waals surface area contributed by atoms with E-state index in [1.54, 1.807) is 30.2 Å². The van der Waals surface area contributed by atoms with Gasteiger partial charge in [0.15, 0.2) is 11.5 Å². The van der Waals surface area contributed by atoms with E-state index >= 15 is 0 Å². The largest absolute Gasteiger partial charge is 0.496 e. The van der Waals surface area contributed by atoms with Crippen LogP contribution in [0.2, 0.25) is 0 Å². The van der Waals surface area contributed by atoms with Crippen molar-refractivity contribution >= 4 is 5.91 Å². The zero-order valence-electron chi connectivity index (χ0n) is 15.8. The monoisotopic (exact) mass is 393 g/mol. The van der Waals surface area contributed by atoms with E-state index in [1.165, 1.54) is 0 Å². The number of hydrogen-bond acceptors (Lipinski definition) is 7. The lowest BCUT2D eigenvalue weighted by atomic mass is 10.1. The molecule has 29 heavy (non-hydrogen) atoms. The number of hydrogen-bond donors (Lipinski definition) is 0. The minimum atomic E-state index is -0.260. The van der Waals surface area contributed by atoms with Gasteiger partial charge in [0.05, 0.1) is 12.7 Å². The first-order valence-electron chi connectivity index (χ1n) is 9.42. The number of benzene rings is 2. The van der Waals surface area contributed by atoms with Crippen LogP contribution < -0.4 is 14.2 Å². The molecule has 0 spiro atoms. The van der Waals surface area contributed by atoms with Crippen LogP contribution in [0.5, 0.6) is 17.2 Å². The van der Waals surface area contributed by atoms with Gasteiger partial charge < -0.3 is 23.6 Å². The lowest BCUT2D eigenvalue weighted by Crippen LogP contribution is -2.30. The minimum Gasteiger partial charge on any atom is -0.496 e. The highest BCUT2D eigenvalue weighted by atomic mass is 16.7. The molecule has 148 valence electrons. The van der Waals surface area contributed by atoms with Crippen molar-refractivity contribution in [3.05, 3.63) is 53.9 Å². The predicted octanol–water partition coefficient (Wildman–Crippen LogP) is 3.45. The van der Waals surface area contributed by atoms with Crippen LogP contribution in [0.25, 0.3) is 11.4 Å². The molecule has 0 radical (unpaired) electrons. The molecule has 8 nitrogen and oxygen atoms in total. The summed E-state index contributed by atoms with van der Waals surface area (Å²) < 4.78 is 21.6. The molecule has 1 atom stereocenters. The summed E-state index contributed by atoms with van der Waals surface area (Å²) in [6.45, 7) is 0.803. The molecule has 1 aromatic heterocycles. The second-order valence-electron chi connectivity index (χ2n) is 6.88. The second-order valence-corrected chi connectivity index (χ2v) is 6.88. The maximum Gasteiger partial charge on any atom is 0.254 e. The molecule has 2 aliphatic heterocycles. The van der Waals surface area contributed by atoms with Gasteiger partial charge in [-0.15, -0.1) is 0 Å². The third kappa shape index (κ3) is 3.06. The summed E-state index contributed by atoms with van der Waals surface area (Å²) in [5.41, 5.74) is 1.29. The SMILES string of the molecule is COc1ccccc1-c1noc(C2CCCN2C(=O)c2ccc3c(c2)OCO3)n1. The van der Waals surface area contributed by atoms with E-state index in [2.05, 4.69) is 10.1 Å². The Morgan fingerprint density at radius 3 is 2.93 bits per heavy atom. The number of nitrogens with zero attached hydrogens (tertiary/aromatic N) is 3. The summed E-state index contributed by atoms with van der Waals surface area (Å²) in [5.74, 6) is 2.68. The van der Waals surface area contributed by atoms with Gasteiger partial charge in [-0.05, 0) is 43.2 Å². The Balaban J connectivity index is 1.41. The Hall–Kier alpha value is -3.55.